The van der Waals surface area contributed by atoms with E-state index < -0.39 is 22.2 Å². The Hall–Kier alpha value is -2.13. The highest BCUT2D eigenvalue weighted by Crippen LogP contribution is 2.23. The lowest BCUT2D eigenvalue weighted by Gasteiger charge is -2.23. The van der Waals surface area contributed by atoms with E-state index in [9.17, 15) is 18.0 Å². The van der Waals surface area contributed by atoms with E-state index in [4.69, 9.17) is 0 Å². The molecule has 0 aliphatic carbocycles. The fraction of sp³-hybridized carbons (Fsp3) is 0.500. The predicted octanol–water partition coefficient (Wildman–Crippen LogP) is 2.01. The maximum absolute atomic E-state index is 12.5. The molecule has 1 heterocycles. The van der Waals surface area contributed by atoms with Gasteiger partial charge in [-0.25, -0.2) is 13.2 Å². The highest BCUT2D eigenvalue weighted by Gasteiger charge is 2.37. The minimum absolute atomic E-state index is 0.0463. The topological polar surface area (TPSA) is 105 Å². The molecule has 1 atom stereocenters. The van der Waals surface area contributed by atoms with Crippen LogP contribution >= 0.6 is 0 Å². The molecule has 0 spiro atoms. The van der Waals surface area contributed by atoms with Gasteiger partial charge in [0.1, 0.15) is 6.04 Å². The smallest absolute Gasteiger partial charge is 0.411 e. The van der Waals surface area contributed by atoms with Crippen molar-refractivity contribution < 1.29 is 22.7 Å². The Kier molecular flexibility index (Phi) is 6.38. The second-order valence-corrected chi connectivity index (χ2v) is 7.81. The van der Waals surface area contributed by atoms with Crippen LogP contribution in [0.4, 0.5) is 16.2 Å². The molecular weight excluding hydrogens is 346 g/mol. The van der Waals surface area contributed by atoms with Crippen molar-refractivity contribution in [3.8, 4) is 0 Å². The van der Waals surface area contributed by atoms with Crippen LogP contribution in [-0.2, 0) is 19.6 Å². The fourth-order valence-corrected chi connectivity index (χ4v) is 4.49. The summed E-state index contributed by atoms with van der Waals surface area (Å²) in [5.74, 6) is -0.295. The largest absolute Gasteiger partial charge is 0.453 e. The summed E-state index contributed by atoms with van der Waals surface area (Å²) in [7, 11) is -2.14. The number of benzene rings is 1. The van der Waals surface area contributed by atoms with Gasteiger partial charge in [0.2, 0.25) is 15.9 Å². The Morgan fingerprint density at radius 3 is 2.36 bits per heavy atom. The summed E-state index contributed by atoms with van der Waals surface area (Å²) in [6.45, 7) is 2.18. The number of ether oxygens (including phenoxy) is 1. The average Bonchev–Trinajstić information content (AvgIpc) is 3.07. The molecule has 0 aromatic heterocycles. The predicted molar refractivity (Wildman–Crippen MR) is 94.9 cm³/mol. The third-order valence-corrected chi connectivity index (χ3v) is 5.99. The van der Waals surface area contributed by atoms with Crippen molar-refractivity contribution in [2.75, 3.05) is 30.0 Å². The van der Waals surface area contributed by atoms with Crippen LogP contribution in [0.5, 0.6) is 0 Å². The lowest BCUT2D eigenvalue weighted by Crippen LogP contribution is -2.44. The lowest BCUT2D eigenvalue weighted by atomic mass is 10.2. The van der Waals surface area contributed by atoms with Gasteiger partial charge >= 0.3 is 6.09 Å². The molecule has 8 nitrogen and oxygen atoms in total. The molecule has 25 heavy (non-hydrogen) atoms. The molecule has 2 N–H and O–H groups in total. The molecule has 2 amide bonds. The second kappa shape index (κ2) is 8.30. The van der Waals surface area contributed by atoms with Crippen LogP contribution in [0.25, 0.3) is 0 Å². The van der Waals surface area contributed by atoms with Crippen LogP contribution in [0.1, 0.15) is 26.2 Å². The first kappa shape index (κ1) is 19.2. The van der Waals surface area contributed by atoms with E-state index in [1.54, 1.807) is 31.2 Å². The Morgan fingerprint density at radius 1 is 1.20 bits per heavy atom. The van der Waals surface area contributed by atoms with Crippen molar-refractivity contribution >= 4 is 33.4 Å². The van der Waals surface area contributed by atoms with Crippen LogP contribution in [-0.4, -0.2) is 50.2 Å². The maximum atomic E-state index is 12.5. The Bertz CT molecular complexity index is 718. The molecule has 1 aromatic rings. The molecule has 1 unspecified atom stereocenters. The first-order valence-electron chi connectivity index (χ1n) is 8.13. The highest BCUT2D eigenvalue weighted by molar-refractivity contribution is 7.89. The Labute approximate surface area is 147 Å². The van der Waals surface area contributed by atoms with E-state index in [0.717, 1.165) is 0 Å². The van der Waals surface area contributed by atoms with Crippen LogP contribution in [0.3, 0.4) is 0 Å². The summed E-state index contributed by atoms with van der Waals surface area (Å²) < 4.78 is 30.3. The normalized spacial score (nSPS) is 17.9. The van der Waals surface area contributed by atoms with Crippen molar-refractivity contribution in [1.29, 1.82) is 0 Å². The van der Waals surface area contributed by atoms with E-state index in [-0.39, 0.29) is 11.7 Å². The molecule has 1 saturated heterocycles. The lowest BCUT2D eigenvalue weighted by molar-refractivity contribution is -0.119. The van der Waals surface area contributed by atoms with Crippen LogP contribution in [0.2, 0.25) is 0 Å². The summed E-state index contributed by atoms with van der Waals surface area (Å²) in [6.07, 6.45) is 1.11. The van der Waals surface area contributed by atoms with E-state index in [1.165, 1.54) is 11.4 Å². The number of nitrogens with one attached hydrogen (secondary N) is 2. The van der Waals surface area contributed by atoms with Crippen molar-refractivity contribution in [3.63, 3.8) is 0 Å². The van der Waals surface area contributed by atoms with Gasteiger partial charge in [-0.3, -0.25) is 10.1 Å². The Morgan fingerprint density at radius 2 is 1.80 bits per heavy atom. The van der Waals surface area contributed by atoms with Crippen molar-refractivity contribution in [3.05, 3.63) is 24.3 Å². The fourth-order valence-electron chi connectivity index (χ4n) is 2.74. The average molecular weight is 369 g/mol. The SMILES string of the molecule is CCCS(=O)(=O)N1CCCC1C(=O)Nc1ccc(NC(=O)OC)cc1. The monoisotopic (exact) mass is 369 g/mol. The van der Waals surface area contributed by atoms with E-state index >= 15 is 0 Å². The minimum atomic E-state index is -3.41. The molecule has 0 saturated carbocycles. The van der Waals surface area contributed by atoms with Crippen LogP contribution in [0, 0.1) is 0 Å². The third kappa shape index (κ3) is 4.93. The van der Waals surface area contributed by atoms with Gasteiger partial charge < -0.3 is 10.1 Å². The molecule has 0 bridgehead atoms. The summed E-state index contributed by atoms with van der Waals surface area (Å²) in [5.41, 5.74) is 1.05. The van der Waals surface area contributed by atoms with Crippen LogP contribution in [0.15, 0.2) is 24.3 Å². The summed E-state index contributed by atoms with van der Waals surface area (Å²) in [5, 5.41) is 5.24. The van der Waals surface area contributed by atoms with Crippen molar-refractivity contribution in [2.45, 2.75) is 32.2 Å². The number of rotatable bonds is 6. The molecule has 1 aliphatic heterocycles. The minimum Gasteiger partial charge on any atom is -0.453 e. The van der Waals surface area contributed by atoms with Crippen LogP contribution < -0.4 is 10.6 Å². The van der Waals surface area contributed by atoms with Gasteiger partial charge in [-0.2, -0.15) is 4.31 Å². The van der Waals surface area contributed by atoms with Gasteiger partial charge in [0.15, 0.2) is 0 Å². The van der Waals surface area contributed by atoms with Gasteiger partial charge in [0, 0.05) is 17.9 Å². The number of hydrogen-bond acceptors (Lipinski definition) is 5. The standard InChI is InChI=1S/C16H23N3O5S/c1-3-11-25(22,23)19-10-4-5-14(19)15(20)17-12-6-8-13(9-7-12)18-16(21)24-2/h6-9,14H,3-5,10-11H2,1-2H3,(H,17,20)(H,18,21). The number of amides is 2. The number of carbonyl (C=O) groups excluding carboxylic acids is 2. The number of anilines is 2. The van der Waals surface area contributed by atoms with Crippen molar-refractivity contribution in [1.82, 2.24) is 4.31 Å². The summed E-state index contributed by atoms with van der Waals surface area (Å²) in [4.78, 5) is 23.6. The third-order valence-electron chi connectivity index (χ3n) is 3.91. The highest BCUT2D eigenvalue weighted by atomic mass is 32.2. The van der Waals surface area contributed by atoms with Crippen molar-refractivity contribution in [2.24, 2.45) is 0 Å². The molecule has 1 fully saturated rings. The molecule has 0 radical (unpaired) electrons. The number of carbonyl (C=O) groups is 2. The summed E-state index contributed by atoms with van der Waals surface area (Å²) in [6, 6.07) is 5.82. The molecule has 2 rings (SSSR count). The van der Waals surface area contributed by atoms with Gasteiger partial charge in [-0.1, -0.05) is 6.92 Å². The quantitative estimate of drug-likeness (QED) is 0.798. The Balaban J connectivity index is 2.02. The number of methoxy groups -OCH3 is 1. The molecule has 1 aromatic carbocycles. The molecule has 9 heteroatoms. The first-order chi connectivity index (χ1) is 11.9. The number of nitrogens with zero attached hydrogens (tertiary/aromatic N) is 1. The van der Waals surface area contributed by atoms with E-state index in [1.807, 2.05) is 0 Å². The number of sulfonamides is 1. The molecule has 138 valence electrons. The van der Waals surface area contributed by atoms with Gasteiger partial charge in [0.25, 0.3) is 0 Å². The van der Waals surface area contributed by atoms with E-state index in [2.05, 4.69) is 15.4 Å². The van der Waals surface area contributed by atoms with Gasteiger partial charge in [0.05, 0.1) is 12.9 Å². The number of hydrogen-bond donors (Lipinski definition) is 2. The van der Waals surface area contributed by atoms with Gasteiger partial charge in [-0.05, 0) is 43.5 Å². The molecular formula is C16H23N3O5S. The maximum Gasteiger partial charge on any atom is 0.411 e. The van der Waals surface area contributed by atoms with Gasteiger partial charge in [-0.15, -0.1) is 0 Å². The zero-order chi connectivity index (χ0) is 18.4. The summed E-state index contributed by atoms with van der Waals surface area (Å²) >= 11 is 0. The second-order valence-electron chi connectivity index (χ2n) is 5.77. The molecule has 1 aliphatic rings. The first-order valence-corrected chi connectivity index (χ1v) is 9.73. The van der Waals surface area contributed by atoms with E-state index in [0.29, 0.717) is 37.2 Å². The zero-order valence-corrected chi connectivity index (χ0v) is 15.1. The zero-order valence-electron chi connectivity index (χ0n) is 14.3.